The number of ether oxygens (including phenoxy) is 1. The van der Waals surface area contributed by atoms with Gasteiger partial charge < -0.3 is 15.0 Å². The molecular weight excluding hydrogens is 409 g/mol. The molecule has 1 fully saturated rings. The van der Waals surface area contributed by atoms with Crippen molar-refractivity contribution in [2.45, 2.75) is 12.8 Å². The van der Waals surface area contributed by atoms with E-state index in [1.807, 2.05) is 4.90 Å². The van der Waals surface area contributed by atoms with Crippen molar-refractivity contribution in [3.8, 4) is 5.75 Å². The molecule has 1 heterocycles. The van der Waals surface area contributed by atoms with Crippen LogP contribution in [0, 0.1) is 17.6 Å². The maximum Gasteiger partial charge on any atom is 0.223 e. The molecule has 2 aromatic carbocycles. The standard InChI is InChI=1S/C20H20Cl2F2N2O2/c21-16-3-2-15(10-17(16)22)28-8-6-20(27)25-11-13-5-7-26(12-13)14-1-4-18(23)19(24)9-14/h1-4,9-10,13H,5-8,11-12H2,(H,25,27). The molecule has 4 nitrogen and oxygen atoms in total. The zero-order valence-corrected chi connectivity index (χ0v) is 16.6. The number of hydrogen-bond donors (Lipinski definition) is 1. The molecular formula is C20H20Cl2F2N2O2. The monoisotopic (exact) mass is 428 g/mol. The van der Waals surface area contributed by atoms with Gasteiger partial charge in [-0.25, -0.2) is 8.78 Å². The minimum absolute atomic E-state index is 0.105. The van der Waals surface area contributed by atoms with Gasteiger partial charge in [0, 0.05) is 37.5 Å². The lowest BCUT2D eigenvalue weighted by atomic mass is 10.1. The van der Waals surface area contributed by atoms with Crippen LogP contribution >= 0.6 is 23.2 Å². The van der Waals surface area contributed by atoms with Crippen molar-refractivity contribution in [2.75, 3.05) is 31.1 Å². The molecule has 8 heteroatoms. The zero-order valence-electron chi connectivity index (χ0n) is 15.1. The number of anilines is 1. The Morgan fingerprint density at radius 2 is 1.96 bits per heavy atom. The summed E-state index contributed by atoms with van der Waals surface area (Å²) in [6.07, 6.45) is 1.10. The predicted molar refractivity (Wildman–Crippen MR) is 106 cm³/mol. The summed E-state index contributed by atoms with van der Waals surface area (Å²) in [6, 6.07) is 8.84. The molecule has 1 unspecified atom stereocenters. The average molecular weight is 429 g/mol. The molecule has 1 atom stereocenters. The van der Waals surface area contributed by atoms with Gasteiger partial charge in [0.05, 0.1) is 23.1 Å². The van der Waals surface area contributed by atoms with Crippen LogP contribution in [-0.4, -0.2) is 32.1 Å². The largest absolute Gasteiger partial charge is 0.493 e. The molecule has 1 aliphatic rings. The Balaban J connectivity index is 1.38. The van der Waals surface area contributed by atoms with Gasteiger partial charge in [0.25, 0.3) is 0 Å². The van der Waals surface area contributed by atoms with Crippen LogP contribution in [0.5, 0.6) is 5.75 Å². The van der Waals surface area contributed by atoms with Gasteiger partial charge in [-0.05, 0) is 36.6 Å². The van der Waals surface area contributed by atoms with Crippen LogP contribution in [0.4, 0.5) is 14.5 Å². The van der Waals surface area contributed by atoms with E-state index in [0.717, 1.165) is 19.0 Å². The number of halogens is 4. The van der Waals surface area contributed by atoms with E-state index < -0.39 is 11.6 Å². The first-order valence-corrected chi connectivity index (χ1v) is 9.72. The second-order valence-corrected chi connectivity index (χ2v) is 7.49. The minimum Gasteiger partial charge on any atom is -0.493 e. The number of carbonyl (C=O) groups excluding carboxylic acids is 1. The smallest absolute Gasteiger partial charge is 0.223 e. The fourth-order valence-corrected chi connectivity index (χ4v) is 3.38. The van der Waals surface area contributed by atoms with Crippen molar-refractivity contribution in [1.82, 2.24) is 5.32 Å². The quantitative estimate of drug-likeness (QED) is 0.695. The summed E-state index contributed by atoms with van der Waals surface area (Å²) >= 11 is 11.8. The molecule has 150 valence electrons. The van der Waals surface area contributed by atoms with Crippen LogP contribution in [0.3, 0.4) is 0 Å². The second-order valence-electron chi connectivity index (χ2n) is 6.68. The Hall–Kier alpha value is -2.05. The molecule has 0 spiro atoms. The van der Waals surface area contributed by atoms with E-state index in [1.54, 1.807) is 24.3 Å². The Morgan fingerprint density at radius 1 is 1.14 bits per heavy atom. The van der Waals surface area contributed by atoms with Crippen LogP contribution in [0.25, 0.3) is 0 Å². The Kier molecular flexibility index (Phi) is 6.97. The van der Waals surface area contributed by atoms with Crippen LogP contribution in [-0.2, 0) is 4.79 Å². The van der Waals surface area contributed by atoms with E-state index in [2.05, 4.69) is 5.32 Å². The first-order chi connectivity index (χ1) is 13.4. The van der Waals surface area contributed by atoms with E-state index in [-0.39, 0.29) is 24.9 Å². The van der Waals surface area contributed by atoms with E-state index in [0.29, 0.717) is 34.6 Å². The van der Waals surface area contributed by atoms with Crippen molar-refractivity contribution < 1.29 is 18.3 Å². The SMILES string of the molecule is O=C(CCOc1ccc(Cl)c(Cl)c1)NCC1CCN(c2ccc(F)c(F)c2)C1. The minimum atomic E-state index is -0.852. The van der Waals surface area contributed by atoms with Gasteiger partial charge in [0.15, 0.2) is 11.6 Å². The number of carbonyl (C=O) groups is 1. The summed E-state index contributed by atoms with van der Waals surface area (Å²) in [4.78, 5) is 14.0. The maximum atomic E-state index is 13.4. The molecule has 0 aliphatic carbocycles. The highest BCUT2D eigenvalue weighted by molar-refractivity contribution is 6.42. The van der Waals surface area contributed by atoms with Gasteiger partial charge in [-0.1, -0.05) is 23.2 Å². The highest BCUT2D eigenvalue weighted by Gasteiger charge is 2.23. The van der Waals surface area contributed by atoms with Crippen LogP contribution in [0.15, 0.2) is 36.4 Å². The van der Waals surface area contributed by atoms with E-state index in [1.165, 1.54) is 6.07 Å². The number of nitrogens with zero attached hydrogens (tertiary/aromatic N) is 1. The van der Waals surface area contributed by atoms with Crippen molar-refractivity contribution in [3.05, 3.63) is 58.1 Å². The van der Waals surface area contributed by atoms with Crippen molar-refractivity contribution in [1.29, 1.82) is 0 Å². The highest BCUT2D eigenvalue weighted by Crippen LogP contribution is 2.27. The number of benzene rings is 2. The third-order valence-electron chi connectivity index (χ3n) is 4.63. The summed E-state index contributed by atoms with van der Waals surface area (Å²) in [5.41, 5.74) is 0.655. The number of rotatable bonds is 7. The van der Waals surface area contributed by atoms with Crippen molar-refractivity contribution in [3.63, 3.8) is 0 Å². The van der Waals surface area contributed by atoms with Gasteiger partial charge in [-0.15, -0.1) is 0 Å². The summed E-state index contributed by atoms with van der Waals surface area (Å²) in [5.74, 6) is -0.995. The fourth-order valence-electron chi connectivity index (χ4n) is 3.09. The Labute approximate surface area is 172 Å². The molecule has 1 amide bonds. The highest BCUT2D eigenvalue weighted by atomic mass is 35.5. The Morgan fingerprint density at radius 3 is 2.71 bits per heavy atom. The first kappa shape index (κ1) is 20.7. The molecule has 0 saturated carbocycles. The number of hydrogen-bond acceptors (Lipinski definition) is 3. The summed E-state index contributed by atoms with van der Waals surface area (Å²) < 4.78 is 31.9. The first-order valence-electron chi connectivity index (χ1n) is 8.97. The van der Waals surface area contributed by atoms with Gasteiger partial charge in [-0.3, -0.25) is 4.79 Å². The van der Waals surface area contributed by atoms with Crippen LogP contribution < -0.4 is 15.0 Å². The molecule has 1 aliphatic heterocycles. The van der Waals surface area contributed by atoms with Gasteiger partial charge in [-0.2, -0.15) is 0 Å². The van der Waals surface area contributed by atoms with Gasteiger partial charge >= 0.3 is 0 Å². The zero-order chi connectivity index (χ0) is 20.1. The van der Waals surface area contributed by atoms with Gasteiger partial charge in [0.1, 0.15) is 5.75 Å². The summed E-state index contributed by atoms with van der Waals surface area (Å²) in [6.45, 7) is 2.19. The predicted octanol–water partition coefficient (Wildman–Crippen LogP) is 4.68. The molecule has 2 aromatic rings. The lowest BCUT2D eigenvalue weighted by molar-refractivity contribution is -0.121. The van der Waals surface area contributed by atoms with Crippen molar-refractivity contribution in [2.24, 2.45) is 5.92 Å². The number of amides is 1. The van der Waals surface area contributed by atoms with E-state index >= 15 is 0 Å². The lowest BCUT2D eigenvalue weighted by Gasteiger charge is -2.19. The number of nitrogens with one attached hydrogen (secondary N) is 1. The fraction of sp³-hybridized carbons (Fsp3) is 0.350. The summed E-state index contributed by atoms with van der Waals surface area (Å²) in [7, 11) is 0. The third kappa shape index (κ3) is 5.49. The molecule has 0 radical (unpaired) electrons. The molecule has 0 bridgehead atoms. The van der Waals surface area contributed by atoms with Crippen molar-refractivity contribution >= 4 is 34.8 Å². The third-order valence-corrected chi connectivity index (χ3v) is 5.37. The molecule has 1 saturated heterocycles. The van der Waals surface area contributed by atoms with Crippen LogP contribution in [0.2, 0.25) is 10.0 Å². The second kappa shape index (κ2) is 9.43. The average Bonchev–Trinajstić information content (AvgIpc) is 3.14. The molecule has 0 aromatic heterocycles. The normalized spacial score (nSPS) is 16.3. The van der Waals surface area contributed by atoms with Crippen LogP contribution in [0.1, 0.15) is 12.8 Å². The van der Waals surface area contributed by atoms with E-state index in [9.17, 15) is 13.6 Å². The lowest BCUT2D eigenvalue weighted by Crippen LogP contribution is -2.31. The molecule has 3 rings (SSSR count). The summed E-state index contributed by atoms with van der Waals surface area (Å²) in [5, 5.41) is 3.74. The Bertz CT molecular complexity index is 851. The molecule has 28 heavy (non-hydrogen) atoms. The topological polar surface area (TPSA) is 41.6 Å². The van der Waals surface area contributed by atoms with Gasteiger partial charge in [0.2, 0.25) is 5.91 Å². The maximum absolute atomic E-state index is 13.4. The molecule has 1 N–H and O–H groups in total. The van der Waals surface area contributed by atoms with E-state index in [4.69, 9.17) is 27.9 Å².